The topological polar surface area (TPSA) is 27.3 Å². The van der Waals surface area contributed by atoms with Gasteiger partial charge in [0.2, 0.25) is 0 Å². The fraction of sp³-hybridized carbons (Fsp3) is 1.00. The molecule has 2 aliphatic carbocycles. The number of nitrogens with one attached hydrogen (secondary N) is 2. The van der Waals surface area contributed by atoms with E-state index in [2.05, 4.69) is 15.5 Å². The molecule has 1 saturated heterocycles. The van der Waals surface area contributed by atoms with Gasteiger partial charge in [-0.05, 0) is 70.0 Å². The van der Waals surface area contributed by atoms with E-state index < -0.39 is 0 Å². The highest BCUT2D eigenvalue weighted by Gasteiger charge is 2.24. The predicted molar refractivity (Wildman–Crippen MR) is 89.6 cm³/mol. The molecule has 2 N–H and O–H groups in total. The summed E-state index contributed by atoms with van der Waals surface area (Å²) in [5.74, 6) is 1.92. The van der Waals surface area contributed by atoms with E-state index in [0.717, 1.165) is 17.9 Å². The van der Waals surface area contributed by atoms with Crippen LogP contribution < -0.4 is 10.6 Å². The fourth-order valence-electron chi connectivity index (χ4n) is 4.07. The highest BCUT2D eigenvalue weighted by molar-refractivity contribution is 4.82. The minimum absolute atomic E-state index is 0.881. The van der Waals surface area contributed by atoms with Gasteiger partial charge in [0.05, 0.1) is 0 Å². The quantitative estimate of drug-likeness (QED) is 0.640. The summed E-state index contributed by atoms with van der Waals surface area (Å²) in [4.78, 5) is 2.68. The molecule has 21 heavy (non-hydrogen) atoms. The largest absolute Gasteiger partial charge is 0.315 e. The molecule has 1 atom stereocenters. The van der Waals surface area contributed by atoms with E-state index in [1.54, 1.807) is 0 Å². The van der Waals surface area contributed by atoms with Gasteiger partial charge >= 0.3 is 0 Å². The van der Waals surface area contributed by atoms with Crippen LogP contribution >= 0.6 is 0 Å². The van der Waals surface area contributed by atoms with Crippen LogP contribution in [-0.4, -0.2) is 50.2 Å². The summed E-state index contributed by atoms with van der Waals surface area (Å²) in [5, 5.41) is 7.37. The van der Waals surface area contributed by atoms with Gasteiger partial charge in [-0.1, -0.05) is 19.3 Å². The Morgan fingerprint density at radius 2 is 1.71 bits per heavy atom. The molecule has 1 aliphatic heterocycles. The van der Waals surface area contributed by atoms with Crippen LogP contribution in [0.25, 0.3) is 0 Å². The maximum Gasteiger partial charge on any atom is 0.0107 e. The summed E-state index contributed by atoms with van der Waals surface area (Å²) in [7, 11) is 0. The zero-order valence-electron chi connectivity index (χ0n) is 13.8. The first kappa shape index (κ1) is 15.8. The van der Waals surface area contributed by atoms with Crippen LogP contribution in [0.3, 0.4) is 0 Å². The first-order valence-corrected chi connectivity index (χ1v) is 9.56. The van der Waals surface area contributed by atoms with Crippen molar-refractivity contribution in [3.63, 3.8) is 0 Å². The van der Waals surface area contributed by atoms with Gasteiger partial charge in [0.25, 0.3) is 0 Å². The standard InChI is InChI=1S/C18H35N3/c1-2-4-16(5-3-1)14-19-11-13-21-12-9-17(15-21)8-10-20-18-6-7-18/h16-20H,1-15H2. The van der Waals surface area contributed by atoms with Gasteiger partial charge in [0.1, 0.15) is 0 Å². The Morgan fingerprint density at radius 1 is 0.857 bits per heavy atom. The second kappa shape index (κ2) is 8.50. The van der Waals surface area contributed by atoms with E-state index in [9.17, 15) is 0 Å². The van der Waals surface area contributed by atoms with Crippen LogP contribution in [0.4, 0.5) is 0 Å². The van der Waals surface area contributed by atoms with Crippen molar-refractivity contribution in [1.82, 2.24) is 15.5 Å². The zero-order chi connectivity index (χ0) is 14.3. The summed E-state index contributed by atoms with van der Waals surface area (Å²) in [6.45, 7) is 7.66. The van der Waals surface area contributed by atoms with Crippen LogP contribution in [0.5, 0.6) is 0 Å². The molecule has 0 aromatic rings. The number of hydrogen-bond acceptors (Lipinski definition) is 3. The average molecular weight is 293 g/mol. The Balaban J connectivity index is 1.18. The van der Waals surface area contributed by atoms with Crippen molar-refractivity contribution in [3.8, 4) is 0 Å². The maximum atomic E-state index is 3.71. The van der Waals surface area contributed by atoms with Crippen molar-refractivity contribution in [1.29, 1.82) is 0 Å². The predicted octanol–water partition coefficient (Wildman–Crippen LogP) is 2.62. The van der Waals surface area contributed by atoms with Crippen molar-refractivity contribution < 1.29 is 0 Å². The van der Waals surface area contributed by atoms with Crippen molar-refractivity contribution in [3.05, 3.63) is 0 Å². The molecule has 0 spiro atoms. The van der Waals surface area contributed by atoms with E-state index in [1.807, 2.05) is 0 Å². The molecule has 2 saturated carbocycles. The second-order valence-electron chi connectivity index (χ2n) is 7.68. The Kier molecular flexibility index (Phi) is 6.38. The molecule has 0 aromatic carbocycles. The van der Waals surface area contributed by atoms with E-state index in [4.69, 9.17) is 0 Å². The van der Waals surface area contributed by atoms with Gasteiger partial charge in [-0.3, -0.25) is 0 Å². The summed E-state index contributed by atoms with van der Waals surface area (Å²) < 4.78 is 0. The molecular weight excluding hydrogens is 258 g/mol. The lowest BCUT2D eigenvalue weighted by Gasteiger charge is -2.23. The maximum absolute atomic E-state index is 3.71. The van der Waals surface area contributed by atoms with Crippen LogP contribution in [0.1, 0.15) is 57.8 Å². The number of nitrogens with zero attached hydrogens (tertiary/aromatic N) is 1. The van der Waals surface area contributed by atoms with Gasteiger partial charge in [-0.2, -0.15) is 0 Å². The first-order chi connectivity index (χ1) is 10.4. The third kappa shape index (κ3) is 5.88. The smallest absolute Gasteiger partial charge is 0.0107 e. The van der Waals surface area contributed by atoms with E-state index in [-0.39, 0.29) is 0 Å². The van der Waals surface area contributed by atoms with E-state index in [0.29, 0.717) is 0 Å². The lowest BCUT2D eigenvalue weighted by molar-refractivity contribution is 0.300. The lowest BCUT2D eigenvalue weighted by Crippen LogP contribution is -2.33. The molecule has 1 unspecified atom stereocenters. The zero-order valence-corrected chi connectivity index (χ0v) is 13.8. The number of hydrogen-bond donors (Lipinski definition) is 2. The Labute approximate surface area is 131 Å². The molecule has 3 heteroatoms. The Hall–Kier alpha value is -0.120. The van der Waals surface area contributed by atoms with Gasteiger partial charge in [-0.25, -0.2) is 0 Å². The molecule has 3 rings (SSSR count). The summed E-state index contributed by atoms with van der Waals surface area (Å²) >= 11 is 0. The number of rotatable bonds is 9. The molecule has 0 bridgehead atoms. The minimum Gasteiger partial charge on any atom is -0.315 e. The van der Waals surface area contributed by atoms with Crippen LogP contribution in [0, 0.1) is 11.8 Å². The van der Waals surface area contributed by atoms with Gasteiger partial charge in [0.15, 0.2) is 0 Å². The second-order valence-corrected chi connectivity index (χ2v) is 7.68. The van der Waals surface area contributed by atoms with Crippen molar-refractivity contribution in [2.45, 2.75) is 63.8 Å². The molecule has 3 aliphatic rings. The van der Waals surface area contributed by atoms with E-state index >= 15 is 0 Å². The summed E-state index contributed by atoms with van der Waals surface area (Å²) in [6.07, 6.45) is 13.0. The molecule has 0 radical (unpaired) electrons. The van der Waals surface area contributed by atoms with Crippen LogP contribution in [-0.2, 0) is 0 Å². The van der Waals surface area contributed by atoms with Crippen LogP contribution in [0.2, 0.25) is 0 Å². The highest BCUT2D eigenvalue weighted by atomic mass is 15.2. The minimum atomic E-state index is 0.881. The van der Waals surface area contributed by atoms with E-state index in [1.165, 1.54) is 97.1 Å². The van der Waals surface area contributed by atoms with Crippen molar-refractivity contribution in [2.75, 3.05) is 39.3 Å². The van der Waals surface area contributed by atoms with Crippen molar-refractivity contribution >= 4 is 0 Å². The van der Waals surface area contributed by atoms with Gasteiger partial charge in [-0.15, -0.1) is 0 Å². The average Bonchev–Trinajstić information content (AvgIpc) is 3.23. The third-order valence-electron chi connectivity index (χ3n) is 5.70. The number of likely N-dealkylation sites (tertiary alicyclic amines) is 1. The Morgan fingerprint density at radius 3 is 2.52 bits per heavy atom. The normalized spacial score (nSPS) is 28.3. The first-order valence-electron chi connectivity index (χ1n) is 9.56. The SMILES string of the molecule is C1CCC(CNCCN2CCC(CCNC3CC3)C2)CC1. The van der Waals surface area contributed by atoms with Gasteiger partial charge < -0.3 is 15.5 Å². The Bertz CT molecular complexity index is 284. The molecule has 3 fully saturated rings. The molecule has 1 heterocycles. The third-order valence-corrected chi connectivity index (χ3v) is 5.70. The lowest BCUT2D eigenvalue weighted by atomic mass is 9.89. The fourth-order valence-corrected chi connectivity index (χ4v) is 4.07. The molecular formula is C18H35N3. The van der Waals surface area contributed by atoms with Crippen molar-refractivity contribution in [2.24, 2.45) is 11.8 Å². The molecule has 0 aromatic heterocycles. The summed E-state index contributed by atoms with van der Waals surface area (Å²) in [5.41, 5.74) is 0. The summed E-state index contributed by atoms with van der Waals surface area (Å²) in [6, 6.07) is 0.881. The van der Waals surface area contributed by atoms with Crippen LogP contribution in [0.15, 0.2) is 0 Å². The highest BCUT2D eigenvalue weighted by Crippen LogP contribution is 2.23. The molecule has 122 valence electrons. The molecule has 3 nitrogen and oxygen atoms in total. The monoisotopic (exact) mass is 293 g/mol. The molecule has 0 amide bonds. The van der Waals surface area contributed by atoms with Gasteiger partial charge in [0, 0.05) is 25.7 Å².